The van der Waals surface area contributed by atoms with E-state index in [2.05, 4.69) is 32.2 Å². The highest BCUT2D eigenvalue weighted by Crippen LogP contribution is 2.50. The molecule has 2 rings (SSSR count). The van der Waals surface area contributed by atoms with Gasteiger partial charge in [-0.1, -0.05) is 32.9 Å². The summed E-state index contributed by atoms with van der Waals surface area (Å²) in [7, 11) is 0. The molecule has 0 heterocycles. The monoisotopic (exact) mass is 249 g/mol. The van der Waals surface area contributed by atoms with E-state index in [4.69, 9.17) is 0 Å². The van der Waals surface area contributed by atoms with Crippen LogP contribution in [0.4, 0.5) is 4.39 Å². The minimum Gasteiger partial charge on any atom is -0.316 e. The lowest BCUT2D eigenvalue weighted by molar-refractivity contribution is 0.0980. The van der Waals surface area contributed by atoms with Crippen molar-refractivity contribution in [3.8, 4) is 0 Å². The van der Waals surface area contributed by atoms with Crippen molar-refractivity contribution in [1.82, 2.24) is 5.32 Å². The van der Waals surface area contributed by atoms with E-state index in [-0.39, 0.29) is 11.2 Å². The third kappa shape index (κ3) is 2.59. The predicted molar refractivity (Wildman–Crippen MR) is 74.2 cm³/mol. The summed E-state index contributed by atoms with van der Waals surface area (Å²) in [6.45, 7) is 8.64. The zero-order chi connectivity index (χ0) is 13.2. The average molecular weight is 249 g/mol. The van der Waals surface area contributed by atoms with Crippen LogP contribution in [0, 0.1) is 17.7 Å². The summed E-state index contributed by atoms with van der Waals surface area (Å²) in [6.07, 6.45) is 2.36. The highest BCUT2D eigenvalue weighted by Gasteiger charge is 2.45. The Morgan fingerprint density at radius 3 is 2.67 bits per heavy atom. The fraction of sp³-hybridized carbons (Fsp3) is 0.625. The standard InChI is InChI=1S/C16H24FN/c1-4-18-11-16(9-13(10-16)12(2)3)14-6-5-7-15(17)8-14/h5-8,12-13,18H,4,9-11H2,1-3H3. The maximum absolute atomic E-state index is 13.4. The molecule has 1 aromatic rings. The van der Waals surface area contributed by atoms with Crippen molar-refractivity contribution in [1.29, 1.82) is 0 Å². The van der Waals surface area contributed by atoms with E-state index < -0.39 is 0 Å². The lowest BCUT2D eigenvalue weighted by Gasteiger charge is -2.50. The van der Waals surface area contributed by atoms with E-state index in [9.17, 15) is 4.39 Å². The van der Waals surface area contributed by atoms with E-state index in [0.717, 1.165) is 24.9 Å². The predicted octanol–water partition coefficient (Wildman–Crippen LogP) is 3.74. The Hall–Kier alpha value is -0.890. The van der Waals surface area contributed by atoms with Crippen molar-refractivity contribution in [2.24, 2.45) is 11.8 Å². The van der Waals surface area contributed by atoms with Gasteiger partial charge in [0, 0.05) is 12.0 Å². The first-order valence-electron chi connectivity index (χ1n) is 7.04. The molecular weight excluding hydrogens is 225 g/mol. The van der Waals surface area contributed by atoms with Crippen molar-refractivity contribution in [3.63, 3.8) is 0 Å². The molecule has 1 aliphatic rings. The first-order chi connectivity index (χ1) is 8.57. The molecule has 0 spiro atoms. The summed E-state index contributed by atoms with van der Waals surface area (Å²) in [6, 6.07) is 7.16. The van der Waals surface area contributed by atoms with E-state index in [1.165, 1.54) is 24.5 Å². The summed E-state index contributed by atoms with van der Waals surface area (Å²) in [5.41, 5.74) is 1.33. The fourth-order valence-corrected chi connectivity index (χ4v) is 3.08. The molecule has 0 atom stereocenters. The smallest absolute Gasteiger partial charge is 0.123 e. The van der Waals surface area contributed by atoms with Gasteiger partial charge in [-0.2, -0.15) is 0 Å². The first kappa shape index (κ1) is 13.5. The maximum atomic E-state index is 13.4. The van der Waals surface area contributed by atoms with E-state index in [1.54, 1.807) is 6.07 Å². The van der Waals surface area contributed by atoms with Crippen LogP contribution in [0.3, 0.4) is 0 Å². The Morgan fingerprint density at radius 2 is 2.11 bits per heavy atom. The molecule has 0 amide bonds. The van der Waals surface area contributed by atoms with Crippen molar-refractivity contribution in [2.45, 2.75) is 39.0 Å². The minimum atomic E-state index is -0.114. The second-order valence-corrected chi connectivity index (χ2v) is 5.98. The Labute approximate surface area is 110 Å². The molecule has 18 heavy (non-hydrogen) atoms. The number of likely N-dealkylation sites (N-methyl/N-ethyl adjacent to an activating group) is 1. The van der Waals surface area contributed by atoms with E-state index in [1.807, 2.05) is 6.07 Å². The highest BCUT2D eigenvalue weighted by atomic mass is 19.1. The van der Waals surface area contributed by atoms with Crippen LogP contribution in [-0.4, -0.2) is 13.1 Å². The molecule has 1 saturated carbocycles. The normalized spacial score (nSPS) is 27.3. The van der Waals surface area contributed by atoms with Crippen LogP contribution in [-0.2, 0) is 5.41 Å². The second-order valence-electron chi connectivity index (χ2n) is 5.98. The van der Waals surface area contributed by atoms with Gasteiger partial charge in [0.25, 0.3) is 0 Å². The summed E-state index contributed by atoms with van der Waals surface area (Å²) < 4.78 is 13.4. The van der Waals surface area contributed by atoms with Gasteiger partial charge in [0.15, 0.2) is 0 Å². The lowest BCUT2D eigenvalue weighted by atomic mass is 9.56. The largest absolute Gasteiger partial charge is 0.316 e. The van der Waals surface area contributed by atoms with Gasteiger partial charge < -0.3 is 5.32 Å². The van der Waals surface area contributed by atoms with Gasteiger partial charge in [-0.05, 0) is 48.9 Å². The molecule has 1 nitrogen and oxygen atoms in total. The van der Waals surface area contributed by atoms with Crippen molar-refractivity contribution in [3.05, 3.63) is 35.6 Å². The number of nitrogens with one attached hydrogen (secondary N) is 1. The van der Waals surface area contributed by atoms with Gasteiger partial charge >= 0.3 is 0 Å². The minimum absolute atomic E-state index is 0.114. The molecule has 1 fully saturated rings. The summed E-state index contributed by atoms with van der Waals surface area (Å²) in [4.78, 5) is 0. The van der Waals surface area contributed by atoms with Crippen LogP contribution < -0.4 is 5.32 Å². The van der Waals surface area contributed by atoms with Gasteiger partial charge in [-0.15, -0.1) is 0 Å². The molecule has 0 radical (unpaired) electrons. The fourth-order valence-electron chi connectivity index (χ4n) is 3.08. The molecule has 1 aliphatic carbocycles. The quantitative estimate of drug-likeness (QED) is 0.838. The number of hydrogen-bond donors (Lipinski definition) is 1. The van der Waals surface area contributed by atoms with E-state index in [0.29, 0.717) is 0 Å². The van der Waals surface area contributed by atoms with Gasteiger partial charge in [-0.25, -0.2) is 4.39 Å². The summed E-state index contributed by atoms with van der Waals surface area (Å²) in [5.74, 6) is 1.40. The molecule has 0 aromatic heterocycles. The molecule has 1 N–H and O–H groups in total. The lowest BCUT2D eigenvalue weighted by Crippen LogP contribution is -2.50. The van der Waals surface area contributed by atoms with Crippen molar-refractivity contribution >= 4 is 0 Å². The Bertz CT molecular complexity index is 394. The molecule has 1 aromatic carbocycles. The number of benzene rings is 1. The SMILES string of the molecule is CCNCC1(c2cccc(F)c2)CC(C(C)C)C1. The zero-order valence-corrected chi connectivity index (χ0v) is 11.7. The van der Waals surface area contributed by atoms with Crippen LogP contribution in [0.2, 0.25) is 0 Å². The molecule has 0 bridgehead atoms. The highest BCUT2D eigenvalue weighted by molar-refractivity contribution is 5.30. The first-order valence-corrected chi connectivity index (χ1v) is 7.04. The van der Waals surface area contributed by atoms with Crippen LogP contribution in [0.15, 0.2) is 24.3 Å². The molecule has 0 unspecified atom stereocenters. The van der Waals surface area contributed by atoms with Crippen molar-refractivity contribution < 1.29 is 4.39 Å². The summed E-state index contributed by atoms with van der Waals surface area (Å²) in [5, 5.41) is 3.45. The van der Waals surface area contributed by atoms with Gasteiger partial charge in [-0.3, -0.25) is 0 Å². The van der Waals surface area contributed by atoms with Crippen LogP contribution in [0.1, 0.15) is 39.2 Å². The molecule has 100 valence electrons. The van der Waals surface area contributed by atoms with E-state index >= 15 is 0 Å². The number of halogens is 1. The number of rotatable bonds is 5. The topological polar surface area (TPSA) is 12.0 Å². The maximum Gasteiger partial charge on any atom is 0.123 e. The van der Waals surface area contributed by atoms with Gasteiger partial charge in [0.1, 0.15) is 5.82 Å². The van der Waals surface area contributed by atoms with Crippen LogP contribution in [0.25, 0.3) is 0 Å². The Balaban J connectivity index is 2.17. The van der Waals surface area contributed by atoms with Gasteiger partial charge in [0.2, 0.25) is 0 Å². The molecule has 2 heteroatoms. The van der Waals surface area contributed by atoms with Crippen LogP contribution >= 0.6 is 0 Å². The Morgan fingerprint density at radius 1 is 1.39 bits per heavy atom. The molecule has 0 aliphatic heterocycles. The third-order valence-electron chi connectivity index (χ3n) is 4.40. The third-order valence-corrected chi connectivity index (χ3v) is 4.40. The second kappa shape index (κ2) is 5.40. The van der Waals surface area contributed by atoms with Gasteiger partial charge in [0.05, 0.1) is 0 Å². The number of hydrogen-bond acceptors (Lipinski definition) is 1. The molecular formula is C16H24FN. The molecule has 0 saturated heterocycles. The van der Waals surface area contributed by atoms with Crippen LogP contribution in [0.5, 0.6) is 0 Å². The average Bonchev–Trinajstić information content (AvgIpc) is 2.27. The van der Waals surface area contributed by atoms with Crippen molar-refractivity contribution in [2.75, 3.05) is 13.1 Å². The summed E-state index contributed by atoms with van der Waals surface area (Å²) >= 11 is 0. The zero-order valence-electron chi connectivity index (χ0n) is 11.7. The Kier molecular flexibility index (Phi) is 4.06.